The number of halogens is 3. The van der Waals surface area contributed by atoms with Crippen molar-refractivity contribution in [3.8, 4) is 17.0 Å². The maximum absolute atomic E-state index is 14.7. The van der Waals surface area contributed by atoms with E-state index in [4.69, 9.17) is 4.74 Å². The van der Waals surface area contributed by atoms with Gasteiger partial charge in [-0.25, -0.2) is 22.7 Å². The molecule has 3 aromatic heterocycles. The highest BCUT2D eigenvalue weighted by Crippen LogP contribution is 2.34. The minimum Gasteiger partial charge on any atom is -0.479 e. The fraction of sp³-hybridized carbons (Fsp3) is 0.391. The number of carbonyl (C=O) groups is 1. The van der Waals surface area contributed by atoms with E-state index in [2.05, 4.69) is 20.4 Å². The molecule has 0 bridgehead atoms. The van der Waals surface area contributed by atoms with E-state index in [-0.39, 0.29) is 37.2 Å². The first-order valence-electron chi connectivity index (χ1n) is 11.1. The minimum atomic E-state index is -3.14. The van der Waals surface area contributed by atoms with Crippen molar-refractivity contribution in [1.82, 2.24) is 29.0 Å². The number of carbonyl (C=O) groups excluding carboxylic acids is 1. The number of likely N-dealkylation sites (tertiary alicyclic amines) is 1. The number of rotatable bonds is 6. The van der Waals surface area contributed by atoms with Crippen molar-refractivity contribution in [2.75, 3.05) is 32.2 Å². The van der Waals surface area contributed by atoms with E-state index in [0.29, 0.717) is 5.52 Å². The summed E-state index contributed by atoms with van der Waals surface area (Å²) in [6.45, 7) is 0.538. The SMILES string of the molecule is COc1nc(N[C@@H]2CCN(C(C)=O)CC2(F)F)nn2ccc(-c3ccc4ncn(CCF)c4c3)c12. The topological polar surface area (TPSA) is 89.6 Å². The fourth-order valence-corrected chi connectivity index (χ4v) is 4.46. The Hall–Kier alpha value is -3.83. The standard InChI is InChI=1S/C23H24F3N7O2/c1-14(34)31-8-6-19(23(25,26)12-31)28-22-29-21(35-2)20-16(5-9-33(20)30-22)15-3-4-17-18(11-15)32(10-7-24)13-27-17/h3-5,9,11,13,19H,6-8,10,12H2,1-2H3,(H,28,30)/t19-/m1/s1. The number of alkyl halides is 3. The number of aryl methyl sites for hydroxylation is 1. The molecule has 1 N–H and O–H groups in total. The summed E-state index contributed by atoms with van der Waals surface area (Å²) in [5, 5.41) is 7.11. The smallest absolute Gasteiger partial charge is 0.285 e. The van der Waals surface area contributed by atoms with Gasteiger partial charge in [-0.1, -0.05) is 6.07 Å². The molecule has 0 unspecified atom stereocenters. The first-order chi connectivity index (χ1) is 16.8. The molecule has 4 aromatic rings. The number of aromatic nitrogens is 5. The van der Waals surface area contributed by atoms with Gasteiger partial charge < -0.3 is 19.5 Å². The van der Waals surface area contributed by atoms with Gasteiger partial charge in [0.1, 0.15) is 12.2 Å². The number of amides is 1. The lowest BCUT2D eigenvalue weighted by Crippen LogP contribution is -2.55. The van der Waals surface area contributed by atoms with Crippen LogP contribution in [0.15, 0.2) is 36.8 Å². The Bertz CT molecular complexity index is 1400. The molecule has 0 spiro atoms. The molecule has 0 saturated carbocycles. The van der Waals surface area contributed by atoms with Crippen LogP contribution in [-0.2, 0) is 11.3 Å². The predicted octanol–water partition coefficient (Wildman–Crippen LogP) is 3.39. The number of methoxy groups -OCH3 is 1. The second-order valence-electron chi connectivity index (χ2n) is 8.48. The lowest BCUT2D eigenvalue weighted by atomic mass is 10.0. The quantitative estimate of drug-likeness (QED) is 0.449. The summed E-state index contributed by atoms with van der Waals surface area (Å²) in [6.07, 6.45) is 3.35. The molecule has 184 valence electrons. The molecule has 35 heavy (non-hydrogen) atoms. The van der Waals surface area contributed by atoms with Gasteiger partial charge in [-0.3, -0.25) is 4.79 Å². The summed E-state index contributed by atoms with van der Waals surface area (Å²) in [7, 11) is 1.45. The summed E-state index contributed by atoms with van der Waals surface area (Å²) in [5.41, 5.74) is 3.69. The number of nitrogens with one attached hydrogen (secondary N) is 1. The van der Waals surface area contributed by atoms with Crippen molar-refractivity contribution in [3.05, 3.63) is 36.8 Å². The third kappa shape index (κ3) is 4.13. The van der Waals surface area contributed by atoms with Crippen LogP contribution < -0.4 is 10.1 Å². The first kappa shape index (κ1) is 22.9. The van der Waals surface area contributed by atoms with Crippen molar-refractivity contribution in [1.29, 1.82) is 0 Å². The Morgan fingerprint density at radius 2 is 2.14 bits per heavy atom. The van der Waals surface area contributed by atoms with Crippen LogP contribution in [0.3, 0.4) is 0 Å². The molecule has 4 heterocycles. The van der Waals surface area contributed by atoms with Gasteiger partial charge in [-0.05, 0) is 30.2 Å². The monoisotopic (exact) mass is 487 g/mol. The second kappa shape index (κ2) is 8.75. The number of fused-ring (bicyclic) bond motifs is 2. The van der Waals surface area contributed by atoms with Crippen LogP contribution in [0.25, 0.3) is 27.7 Å². The fourth-order valence-electron chi connectivity index (χ4n) is 4.46. The molecular formula is C23H24F3N7O2. The third-order valence-electron chi connectivity index (χ3n) is 6.28. The number of benzene rings is 1. The molecule has 12 heteroatoms. The van der Waals surface area contributed by atoms with E-state index in [1.165, 1.54) is 18.5 Å². The molecule has 1 fully saturated rings. The number of piperidine rings is 1. The van der Waals surface area contributed by atoms with Crippen LogP contribution in [0.4, 0.5) is 19.1 Å². The second-order valence-corrected chi connectivity index (χ2v) is 8.48. The van der Waals surface area contributed by atoms with Crippen molar-refractivity contribution in [2.45, 2.75) is 31.9 Å². The number of imidazole rings is 1. The molecule has 1 aromatic carbocycles. The van der Waals surface area contributed by atoms with Crippen molar-refractivity contribution >= 4 is 28.4 Å². The number of hydrogen-bond donors (Lipinski definition) is 1. The normalized spacial score (nSPS) is 17.7. The Balaban J connectivity index is 1.49. The average Bonchev–Trinajstić information content (AvgIpc) is 3.44. The van der Waals surface area contributed by atoms with Crippen molar-refractivity contribution in [2.24, 2.45) is 0 Å². The van der Waals surface area contributed by atoms with Gasteiger partial charge in [0, 0.05) is 25.2 Å². The van der Waals surface area contributed by atoms with E-state index in [0.717, 1.165) is 27.1 Å². The molecule has 1 saturated heterocycles. The van der Waals surface area contributed by atoms with E-state index in [1.54, 1.807) is 17.1 Å². The highest BCUT2D eigenvalue weighted by atomic mass is 19.3. The van der Waals surface area contributed by atoms with Gasteiger partial charge in [0.05, 0.1) is 43.6 Å². The lowest BCUT2D eigenvalue weighted by molar-refractivity contribution is -0.140. The number of nitrogens with zero attached hydrogens (tertiary/aromatic N) is 6. The Labute approximate surface area is 198 Å². The minimum absolute atomic E-state index is 0.00563. The third-order valence-corrected chi connectivity index (χ3v) is 6.28. The van der Waals surface area contributed by atoms with E-state index in [1.807, 2.05) is 24.3 Å². The van der Waals surface area contributed by atoms with Crippen LogP contribution in [-0.4, -0.2) is 73.8 Å². The van der Waals surface area contributed by atoms with Crippen LogP contribution in [0.1, 0.15) is 13.3 Å². The van der Waals surface area contributed by atoms with Crippen LogP contribution in [0, 0.1) is 0 Å². The van der Waals surface area contributed by atoms with Crippen molar-refractivity contribution in [3.63, 3.8) is 0 Å². The Morgan fingerprint density at radius 3 is 2.86 bits per heavy atom. The zero-order valence-corrected chi connectivity index (χ0v) is 19.2. The first-order valence-corrected chi connectivity index (χ1v) is 11.1. The Kier molecular flexibility index (Phi) is 5.73. The van der Waals surface area contributed by atoms with E-state index >= 15 is 0 Å². The molecule has 5 rings (SSSR count). The lowest BCUT2D eigenvalue weighted by Gasteiger charge is -2.38. The van der Waals surface area contributed by atoms with Gasteiger partial charge in [0.15, 0.2) is 0 Å². The highest BCUT2D eigenvalue weighted by molar-refractivity contribution is 5.89. The molecule has 1 aliphatic heterocycles. The summed E-state index contributed by atoms with van der Waals surface area (Å²) in [6, 6.07) is 6.24. The van der Waals surface area contributed by atoms with Gasteiger partial charge in [0.25, 0.3) is 5.92 Å². The molecule has 0 aliphatic carbocycles. The molecular weight excluding hydrogens is 463 g/mol. The van der Waals surface area contributed by atoms with Gasteiger partial charge in [0.2, 0.25) is 17.7 Å². The Morgan fingerprint density at radius 1 is 1.31 bits per heavy atom. The average molecular weight is 487 g/mol. The van der Waals surface area contributed by atoms with Gasteiger partial charge in [-0.2, -0.15) is 4.98 Å². The van der Waals surface area contributed by atoms with Crippen LogP contribution in [0.2, 0.25) is 0 Å². The van der Waals surface area contributed by atoms with Gasteiger partial charge >= 0.3 is 0 Å². The number of hydrogen-bond acceptors (Lipinski definition) is 6. The zero-order chi connectivity index (χ0) is 24.7. The largest absolute Gasteiger partial charge is 0.479 e. The molecule has 9 nitrogen and oxygen atoms in total. The summed E-state index contributed by atoms with van der Waals surface area (Å²) in [4.78, 5) is 21.3. The summed E-state index contributed by atoms with van der Waals surface area (Å²) < 4.78 is 51.1. The molecule has 1 amide bonds. The van der Waals surface area contributed by atoms with Crippen LogP contribution in [0.5, 0.6) is 5.88 Å². The zero-order valence-electron chi connectivity index (χ0n) is 19.2. The van der Waals surface area contributed by atoms with Crippen LogP contribution >= 0.6 is 0 Å². The number of anilines is 1. The molecule has 1 aliphatic rings. The summed E-state index contributed by atoms with van der Waals surface area (Å²) in [5.74, 6) is -3.32. The van der Waals surface area contributed by atoms with E-state index < -0.39 is 25.2 Å². The number of ether oxygens (including phenoxy) is 1. The highest BCUT2D eigenvalue weighted by Gasteiger charge is 2.45. The van der Waals surface area contributed by atoms with Gasteiger partial charge in [-0.15, -0.1) is 5.10 Å². The van der Waals surface area contributed by atoms with E-state index in [9.17, 15) is 18.0 Å². The summed E-state index contributed by atoms with van der Waals surface area (Å²) >= 11 is 0. The molecule has 0 radical (unpaired) electrons. The predicted molar refractivity (Wildman–Crippen MR) is 123 cm³/mol. The molecule has 1 atom stereocenters. The maximum atomic E-state index is 14.7. The maximum Gasteiger partial charge on any atom is 0.285 e. The van der Waals surface area contributed by atoms with Crippen molar-refractivity contribution < 1.29 is 22.7 Å².